The van der Waals surface area contributed by atoms with Gasteiger partial charge in [0.2, 0.25) is 0 Å². The van der Waals surface area contributed by atoms with Gasteiger partial charge in [-0.2, -0.15) is 17.3 Å². The Balaban J connectivity index is 0. The maximum absolute atomic E-state index is 3.63. The topological polar surface area (TPSA) is 0 Å². The normalized spacial score (nSPS) is 22.6. The molecular formula is C21H33Cl2SSiTi. The fourth-order valence-corrected chi connectivity index (χ4v) is 10.4. The van der Waals surface area contributed by atoms with E-state index in [0.717, 1.165) is 12.8 Å². The number of halogens is 2. The third-order valence-corrected chi connectivity index (χ3v) is 9.65. The van der Waals surface area contributed by atoms with Crippen molar-refractivity contribution in [1.29, 1.82) is 0 Å². The van der Waals surface area contributed by atoms with Crippen LogP contribution in [-0.2, 0) is 21.7 Å². The summed E-state index contributed by atoms with van der Waals surface area (Å²) in [5, 5.41) is 0. The third kappa shape index (κ3) is 5.91. The van der Waals surface area contributed by atoms with Crippen molar-refractivity contribution in [3.63, 3.8) is 0 Å². The zero-order valence-corrected chi connectivity index (χ0v) is 22.4. The Morgan fingerprint density at radius 3 is 2.04 bits per heavy atom. The predicted molar refractivity (Wildman–Crippen MR) is 109 cm³/mol. The van der Waals surface area contributed by atoms with Crippen LogP contribution in [0.15, 0.2) is 41.5 Å². The third-order valence-electron chi connectivity index (χ3n) is 4.91. The van der Waals surface area contributed by atoms with Gasteiger partial charge < -0.3 is 24.8 Å². The molecule has 0 aromatic heterocycles. The van der Waals surface area contributed by atoms with Crippen molar-refractivity contribution in [1.82, 2.24) is 0 Å². The Labute approximate surface area is 194 Å². The fourth-order valence-electron chi connectivity index (χ4n) is 3.89. The maximum Gasteiger partial charge on any atom is 3.00 e. The molecule has 0 bridgehead atoms. The van der Waals surface area contributed by atoms with Crippen LogP contribution in [0.4, 0.5) is 0 Å². The van der Waals surface area contributed by atoms with Crippen LogP contribution < -0.4 is 24.8 Å². The summed E-state index contributed by atoms with van der Waals surface area (Å²) < 4.78 is 0.126. The first-order valence-corrected chi connectivity index (χ1v) is 13.8. The molecule has 0 heterocycles. The molecule has 0 saturated carbocycles. The summed E-state index contributed by atoms with van der Waals surface area (Å²) in [7, 11) is -1.32. The molecule has 2 aliphatic carbocycles. The molecule has 2 rings (SSSR count). The van der Waals surface area contributed by atoms with Gasteiger partial charge in [0.1, 0.15) is 7.22 Å². The van der Waals surface area contributed by atoms with Gasteiger partial charge in [0, 0.05) is 4.75 Å². The minimum Gasteiger partial charge on any atom is -1.00 e. The van der Waals surface area contributed by atoms with E-state index in [1.54, 1.807) is 5.57 Å². The summed E-state index contributed by atoms with van der Waals surface area (Å²) in [6.45, 7) is 19.4. The van der Waals surface area contributed by atoms with Crippen LogP contribution in [0.2, 0.25) is 19.6 Å². The summed E-state index contributed by atoms with van der Waals surface area (Å²) in [6, 6.07) is 0. The van der Waals surface area contributed by atoms with Gasteiger partial charge in [0.05, 0.1) is 0 Å². The molecule has 0 saturated heterocycles. The number of hydrogen-bond acceptors (Lipinski definition) is 1. The number of allylic oxidation sites excluding steroid dienone is 7. The molecule has 0 aromatic rings. The maximum atomic E-state index is 3.63. The van der Waals surface area contributed by atoms with Crippen molar-refractivity contribution >= 4 is 18.4 Å². The zero-order valence-electron chi connectivity index (χ0n) is 17.5. The van der Waals surface area contributed by atoms with Crippen LogP contribution in [0.3, 0.4) is 0 Å². The smallest absolute Gasteiger partial charge is 1.00 e. The van der Waals surface area contributed by atoms with Crippen molar-refractivity contribution in [2.75, 3.05) is 0 Å². The Bertz CT molecular complexity index is 592. The molecule has 0 fully saturated rings. The summed E-state index contributed by atoms with van der Waals surface area (Å²) in [5.74, 6) is 0. The molecule has 1 atom stereocenters. The van der Waals surface area contributed by atoms with Gasteiger partial charge in [-0.1, -0.05) is 72.5 Å². The van der Waals surface area contributed by atoms with Gasteiger partial charge in [-0.3, -0.25) is 6.08 Å². The molecule has 0 amide bonds. The van der Waals surface area contributed by atoms with E-state index in [4.69, 9.17) is 0 Å². The average Bonchev–Trinajstić information content (AvgIpc) is 2.90. The summed E-state index contributed by atoms with van der Waals surface area (Å²) >= 11 is 2.28. The largest absolute Gasteiger partial charge is 3.00 e. The fraction of sp³-hybridized carbons (Fsp3) is 0.619. The minimum absolute atomic E-state index is 0. The van der Waals surface area contributed by atoms with Gasteiger partial charge >= 0.3 is 21.7 Å². The van der Waals surface area contributed by atoms with Gasteiger partial charge in [0.15, 0.2) is 0 Å². The Morgan fingerprint density at radius 2 is 1.62 bits per heavy atom. The van der Waals surface area contributed by atoms with E-state index in [9.17, 15) is 0 Å². The summed E-state index contributed by atoms with van der Waals surface area (Å²) in [5.41, 5.74) is 3.25. The predicted octanol–water partition coefficient (Wildman–Crippen LogP) is 0.947. The average molecular weight is 464 g/mol. The van der Waals surface area contributed by atoms with Crippen molar-refractivity contribution in [2.24, 2.45) is 10.8 Å². The van der Waals surface area contributed by atoms with Crippen LogP contribution in [-0.4, -0.2) is 12.0 Å². The van der Waals surface area contributed by atoms with Crippen molar-refractivity contribution in [3.05, 3.63) is 47.6 Å². The summed E-state index contributed by atoms with van der Waals surface area (Å²) in [6.07, 6.45) is 17.3. The van der Waals surface area contributed by atoms with Crippen molar-refractivity contribution in [2.45, 2.75) is 71.8 Å². The Kier molecular flexibility index (Phi) is 11.2. The number of hydrogen-bond donors (Lipinski definition) is 0. The van der Waals surface area contributed by atoms with Crippen LogP contribution in [0.5, 0.6) is 0 Å². The van der Waals surface area contributed by atoms with Crippen LogP contribution in [0, 0.1) is 16.9 Å². The minimum atomic E-state index is -1.32. The van der Waals surface area contributed by atoms with Crippen LogP contribution >= 0.6 is 11.2 Å². The van der Waals surface area contributed by atoms with E-state index in [1.165, 1.54) is 5.57 Å². The van der Waals surface area contributed by atoms with Crippen molar-refractivity contribution < 1.29 is 46.5 Å². The van der Waals surface area contributed by atoms with E-state index in [-0.39, 0.29) is 62.1 Å². The molecule has 0 aliphatic heterocycles. The standard InChI is InChI=1S/C21H33SSi.2ClH.Ti/c1-19(2,3)18-15-11-12-16-21(18,22-23(6,7)8)20(4,5)17-13-9-10-14-17;;;/h9,11-13,15H,10,16H2,1-8H3;2*1H;/q-1;;;+3/p-2. The van der Waals surface area contributed by atoms with Crippen LogP contribution in [0.1, 0.15) is 47.5 Å². The van der Waals surface area contributed by atoms with E-state index in [2.05, 4.69) is 102 Å². The molecule has 1 unspecified atom stereocenters. The SMILES string of the molecule is CC(C)(C)C1=CC=CCC1(S[Si](C)(C)C)C(C)(C)C1=[C-]CC=C1.[Cl-].[Cl-].[Ti+3]. The second kappa shape index (κ2) is 10.0. The first-order valence-electron chi connectivity index (χ1n) is 8.76. The zero-order chi connectivity index (χ0) is 17.5. The number of rotatable bonds is 4. The first-order chi connectivity index (χ1) is 10.4. The van der Waals surface area contributed by atoms with Gasteiger partial charge in [-0.05, 0) is 22.8 Å². The molecule has 145 valence electrons. The van der Waals surface area contributed by atoms with Gasteiger partial charge in [-0.15, -0.1) is 6.42 Å². The molecule has 0 aromatic carbocycles. The molecule has 0 spiro atoms. The molecule has 26 heavy (non-hydrogen) atoms. The molecule has 1 radical (unpaired) electrons. The van der Waals surface area contributed by atoms with Crippen LogP contribution in [0.25, 0.3) is 0 Å². The Hall–Kier alpha value is 0.821. The van der Waals surface area contributed by atoms with Gasteiger partial charge in [0.25, 0.3) is 0 Å². The second-order valence-corrected chi connectivity index (χ2v) is 18.7. The summed E-state index contributed by atoms with van der Waals surface area (Å²) in [4.78, 5) is 0. The van der Waals surface area contributed by atoms with E-state index in [0.29, 0.717) is 0 Å². The molecule has 0 nitrogen and oxygen atoms in total. The Morgan fingerprint density at radius 1 is 1.04 bits per heavy atom. The second-order valence-electron chi connectivity index (χ2n) is 9.33. The molecule has 0 N–H and O–H groups in total. The van der Waals surface area contributed by atoms with E-state index in [1.807, 2.05) is 0 Å². The van der Waals surface area contributed by atoms with E-state index < -0.39 is 7.22 Å². The molecule has 5 heteroatoms. The molecular weight excluding hydrogens is 431 g/mol. The van der Waals surface area contributed by atoms with E-state index >= 15 is 0 Å². The van der Waals surface area contributed by atoms with Gasteiger partial charge in [-0.25, -0.2) is 11.6 Å². The quantitative estimate of drug-likeness (QED) is 0.441. The van der Waals surface area contributed by atoms with Crippen molar-refractivity contribution in [3.8, 4) is 0 Å². The first kappa shape index (κ1) is 29.0. The monoisotopic (exact) mass is 463 g/mol. The molecule has 2 aliphatic rings.